The van der Waals surface area contributed by atoms with Crippen LogP contribution in [0.25, 0.3) is 6.08 Å². The first kappa shape index (κ1) is 23.3. The van der Waals surface area contributed by atoms with Crippen LogP contribution in [0.15, 0.2) is 30.3 Å². The lowest BCUT2D eigenvalue weighted by molar-refractivity contribution is -0.129. The second kappa shape index (κ2) is 10.7. The topological polar surface area (TPSA) is 107 Å². The van der Waals surface area contributed by atoms with Gasteiger partial charge >= 0.3 is 11.9 Å². The lowest BCUT2D eigenvalue weighted by Gasteiger charge is -2.13. The minimum Gasteiger partial charge on any atom is -0.496 e. The summed E-state index contributed by atoms with van der Waals surface area (Å²) < 4.78 is 30.9. The van der Waals surface area contributed by atoms with Crippen molar-refractivity contribution in [3.8, 4) is 28.7 Å². The summed E-state index contributed by atoms with van der Waals surface area (Å²) in [5.41, 5.74) is 0.930. The van der Waals surface area contributed by atoms with Crippen LogP contribution in [0.2, 0.25) is 0 Å². The van der Waals surface area contributed by atoms with Gasteiger partial charge in [-0.05, 0) is 35.9 Å². The third kappa shape index (κ3) is 5.33. The molecule has 0 bridgehead atoms. The molecule has 0 atom stereocenters. The Kier molecular flexibility index (Phi) is 8.01. The summed E-state index contributed by atoms with van der Waals surface area (Å²) in [5, 5.41) is 0. The van der Waals surface area contributed by atoms with Crippen molar-refractivity contribution in [2.45, 2.75) is 0 Å². The second-order valence-corrected chi connectivity index (χ2v) is 5.92. The van der Waals surface area contributed by atoms with Gasteiger partial charge in [0.25, 0.3) is 0 Å². The van der Waals surface area contributed by atoms with Gasteiger partial charge in [0.15, 0.2) is 11.5 Å². The molecule has 9 heteroatoms. The van der Waals surface area contributed by atoms with Crippen LogP contribution >= 0.6 is 0 Å². The molecule has 0 fully saturated rings. The fraction of sp³-hybridized carbons (Fsp3) is 0.227. The predicted molar refractivity (Wildman–Crippen MR) is 110 cm³/mol. The molecule has 0 aliphatic carbocycles. The third-order valence-corrected chi connectivity index (χ3v) is 4.15. The molecule has 0 aliphatic heterocycles. The van der Waals surface area contributed by atoms with E-state index in [0.717, 1.165) is 0 Å². The summed E-state index contributed by atoms with van der Waals surface area (Å²) in [7, 11) is 6.78. The van der Waals surface area contributed by atoms with Crippen LogP contribution in [0.4, 0.5) is 0 Å². The molecule has 2 aromatic carbocycles. The van der Waals surface area contributed by atoms with Crippen molar-refractivity contribution in [1.82, 2.24) is 0 Å². The van der Waals surface area contributed by atoms with Gasteiger partial charge in [0.2, 0.25) is 5.75 Å². The van der Waals surface area contributed by atoms with E-state index in [0.29, 0.717) is 17.4 Å². The van der Waals surface area contributed by atoms with Crippen molar-refractivity contribution in [2.75, 3.05) is 35.5 Å². The Balaban J connectivity index is 2.34. The Morgan fingerprint density at radius 1 is 0.742 bits per heavy atom. The maximum absolute atomic E-state index is 12.4. The average molecular weight is 430 g/mol. The van der Waals surface area contributed by atoms with E-state index in [1.807, 2.05) is 0 Å². The highest BCUT2D eigenvalue weighted by atomic mass is 16.6. The highest BCUT2D eigenvalue weighted by Gasteiger charge is 2.20. The molecule has 2 aromatic rings. The van der Waals surface area contributed by atoms with Gasteiger partial charge in [-0.3, -0.25) is 4.79 Å². The maximum atomic E-state index is 12.4. The van der Waals surface area contributed by atoms with E-state index in [2.05, 4.69) is 0 Å². The molecule has 164 valence electrons. The van der Waals surface area contributed by atoms with Gasteiger partial charge in [0.05, 0.1) is 35.5 Å². The molecule has 0 spiro atoms. The Morgan fingerprint density at radius 2 is 1.23 bits per heavy atom. The fourth-order valence-corrected chi connectivity index (χ4v) is 2.70. The summed E-state index contributed by atoms with van der Waals surface area (Å²) in [5.74, 6) is -0.574. The van der Waals surface area contributed by atoms with E-state index < -0.39 is 11.9 Å². The Morgan fingerprint density at radius 3 is 1.65 bits per heavy atom. The van der Waals surface area contributed by atoms with E-state index in [-0.39, 0.29) is 34.3 Å². The maximum Gasteiger partial charge on any atom is 0.345 e. The Labute approximate surface area is 179 Å². The number of hydrogen-bond donors (Lipinski definition) is 0. The lowest BCUT2D eigenvalue weighted by Crippen LogP contribution is -2.08. The quantitative estimate of drug-likeness (QED) is 0.257. The van der Waals surface area contributed by atoms with Crippen molar-refractivity contribution in [3.63, 3.8) is 0 Å². The molecule has 31 heavy (non-hydrogen) atoms. The smallest absolute Gasteiger partial charge is 0.345 e. The summed E-state index contributed by atoms with van der Waals surface area (Å²) in [6.45, 7) is 0. The first-order valence-corrected chi connectivity index (χ1v) is 8.87. The summed E-state index contributed by atoms with van der Waals surface area (Å²) >= 11 is 0. The highest BCUT2D eigenvalue weighted by Crippen LogP contribution is 2.38. The van der Waals surface area contributed by atoms with Crippen LogP contribution in [-0.4, -0.2) is 53.8 Å². The molecule has 0 saturated heterocycles. The number of rotatable bonds is 9. The fourth-order valence-electron chi connectivity index (χ4n) is 2.70. The number of aldehydes is 1. The van der Waals surface area contributed by atoms with Gasteiger partial charge in [0.1, 0.15) is 23.3 Å². The molecular formula is C22H22O9. The van der Waals surface area contributed by atoms with Crippen molar-refractivity contribution < 1.29 is 42.8 Å². The van der Waals surface area contributed by atoms with E-state index in [1.165, 1.54) is 59.8 Å². The van der Waals surface area contributed by atoms with E-state index in [1.54, 1.807) is 12.1 Å². The SMILES string of the molecule is COC(=O)c1c(OC)cc(/C=C/C(=O)Oc2c(OC)cc(C=O)cc2OC)cc1OC. The van der Waals surface area contributed by atoms with Crippen molar-refractivity contribution in [3.05, 3.63) is 47.0 Å². The van der Waals surface area contributed by atoms with Crippen molar-refractivity contribution in [1.29, 1.82) is 0 Å². The monoisotopic (exact) mass is 430 g/mol. The van der Waals surface area contributed by atoms with Gasteiger partial charge in [-0.1, -0.05) is 0 Å². The first-order chi connectivity index (χ1) is 14.9. The molecule has 0 aliphatic rings. The molecule has 0 saturated carbocycles. The van der Waals surface area contributed by atoms with Crippen molar-refractivity contribution >= 4 is 24.3 Å². The predicted octanol–water partition coefficient (Wildman–Crippen LogP) is 2.94. The Hall–Kier alpha value is -4.01. The van der Waals surface area contributed by atoms with Gasteiger partial charge in [-0.25, -0.2) is 9.59 Å². The summed E-state index contributed by atoms with van der Waals surface area (Å²) in [4.78, 5) is 35.4. The lowest BCUT2D eigenvalue weighted by atomic mass is 10.1. The minimum atomic E-state index is -0.731. The van der Waals surface area contributed by atoms with E-state index >= 15 is 0 Å². The van der Waals surface area contributed by atoms with Crippen LogP contribution in [0.1, 0.15) is 26.3 Å². The largest absolute Gasteiger partial charge is 0.496 e. The second-order valence-electron chi connectivity index (χ2n) is 5.92. The van der Waals surface area contributed by atoms with Crippen LogP contribution in [-0.2, 0) is 9.53 Å². The standard InChI is InChI=1S/C22H22O9/c1-26-15-8-13(9-16(27-2)20(15)22(25)30-5)6-7-19(24)31-21-17(28-3)10-14(12-23)11-18(21)29-4/h6-12H,1-5H3/b7-6+. The zero-order valence-corrected chi connectivity index (χ0v) is 17.7. The normalized spacial score (nSPS) is 10.4. The number of esters is 2. The van der Waals surface area contributed by atoms with Gasteiger partial charge in [0, 0.05) is 11.6 Å². The number of hydrogen-bond acceptors (Lipinski definition) is 9. The number of carbonyl (C=O) groups excluding carboxylic acids is 3. The number of methoxy groups -OCH3 is 5. The van der Waals surface area contributed by atoms with Gasteiger partial charge < -0.3 is 28.4 Å². The van der Waals surface area contributed by atoms with Crippen LogP contribution in [0.5, 0.6) is 28.7 Å². The number of ether oxygens (including phenoxy) is 6. The van der Waals surface area contributed by atoms with Crippen LogP contribution < -0.4 is 23.7 Å². The summed E-state index contributed by atoms with van der Waals surface area (Å²) in [6.07, 6.45) is 3.24. The van der Waals surface area contributed by atoms with E-state index in [4.69, 9.17) is 28.4 Å². The molecule has 0 aromatic heterocycles. The molecule has 0 N–H and O–H groups in total. The minimum absolute atomic E-state index is 0.0291. The van der Waals surface area contributed by atoms with Crippen molar-refractivity contribution in [2.24, 2.45) is 0 Å². The molecule has 0 radical (unpaired) electrons. The number of benzene rings is 2. The number of carbonyl (C=O) groups is 3. The zero-order valence-electron chi connectivity index (χ0n) is 17.7. The first-order valence-electron chi connectivity index (χ1n) is 8.87. The molecular weight excluding hydrogens is 408 g/mol. The van der Waals surface area contributed by atoms with Crippen LogP contribution in [0.3, 0.4) is 0 Å². The zero-order chi connectivity index (χ0) is 23.0. The van der Waals surface area contributed by atoms with Gasteiger partial charge in [-0.15, -0.1) is 0 Å². The highest BCUT2D eigenvalue weighted by molar-refractivity contribution is 5.97. The van der Waals surface area contributed by atoms with Crippen LogP contribution in [0, 0.1) is 0 Å². The third-order valence-electron chi connectivity index (χ3n) is 4.15. The Bertz CT molecular complexity index is 958. The van der Waals surface area contributed by atoms with Gasteiger partial charge in [-0.2, -0.15) is 0 Å². The molecule has 9 nitrogen and oxygen atoms in total. The molecule has 0 amide bonds. The van der Waals surface area contributed by atoms with E-state index in [9.17, 15) is 14.4 Å². The summed E-state index contributed by atoms with van der Waals surface area (Å²) in [6, 6.07) is 5.92. The molecule has 0 unspecified atom stereocenters. The molecule has 0 heterocycles. The average Bonchev–Trinajstić information content (AvgIpc) is 2.81. The molecule has 2 rings (SSSR count).